The third kappa shape index (κ3) is 4.81. The highest BCUT2D eigenvalue weighted by atomic mass is 16.5. The van der Waals surface area contributed by atoms with E-state index in [4.69, 9.17) is 4.74 Å². The zero-order valence-electron chi connectivity index (χ0n) is 15.7. The fraction of sp³-hybridized carbons (Fsp3) is 0.476. The first-order chi connectivity index (χ1) is 12.4. The van der Waals surface area contributed by atoms with Gasteiger partial charge in [-0.25, -0.2) is 4.98 Å². The normalized spacial score (nSPS) is 20.4. The van der Waals surface area contributed by atoms with Crippen LogP contribution >= 0.6 is 0 Å². The quantitative estimate of drug-likeness (QED) is 0.905. The van der Waals surface area contributed by atoms with Gasteiger partial charge < -0.3 is 10.1 Å². The molecule has 0 bridgehead atoms. The fourth-order valence-electron chi connectivity index (χ4n) is 3.23. The average molecular weight is 353 g/mol. The molecule has 138 valence electrons. The molecule has 5 heteroatoms. The number of hydrogen-bond donors (Lipinski definition) is 1. The molecule has 0 radical (unpaired) electrons. The molecule has 0 spiro atoms. The summed E-state index contributed by atoms with van der Waals surface area (Å²) in [5.41, 5.74) is 2.04. The van der Waals surface area contributed by atoms with Crippen molar-refractivity contribution in [2.24, 2.45) is 0 Å². The number of rotatable bonds is 4. The van der Waals surface area contributed by atoms with E-state index in [0.29, 0.717) is 5.88 Å². The molecule has 0 saturated heterocycles. The highest BCUT2D eigenvalue weighted by Gasteiger charge is 2.24. The molecular formula is C21H27N3O2. The molecule has 1 heterocycles. The van der Waals surface area contributed by atoms with Gasteiger partial charge in [-0.2, -0.15) is 0 Å². The molecule has 1 aliphatic rings. The van der Waals surface area contributed by atoms with Crippen molar-refractivity contribution in [2.45, 2.75) is 64.0 Å². The topological polar surface area (TPSA) is 64.1 Å². The fourth-order valence-corrected chi connectivity index (χ4v) is 3.23. The summed E-state index contributed by atoms with van der Waals surface area (Å²) in [6.45, 7) is 6.51. The van der Waals surface area contributed by atoms with Gasteiger partial charge in [0.1, 0.15) is 6.10 Å². The van der Waals surface area contributed by atoms with Gasteiger partial charge in [-0.3, -0.25) is 9.78 Å². The number of nitrogens with zero attached hydrogens (tertiary/aromatic N) is 2. The van der Waals surface area contributed by atoms with Crippen LogP contribution in [0.1, 0.15) is 62.4 Å². The van der Waals surface area contributed by atoms with Gasteiger partial charge in [0.25, 0.3) is 5.91 Å². The zero-order valence-corrected chi connectivity index (χ0v) is 15.7. The van der Waals surface area contributed by atoms with E-state index >= 15 is 0 Å². The van der Waals surface area contributed by atoms with E-state index in [1.165, 1.54) is 5.56 Å². The summed E-state index contributed by atoms with van der Waals surface area (Å²) in [4.78, 5) is 20.7. The molecule has 1 fully saturated rings. The van der Waals surface area contributed by atoms with Gasteiger partial charge in [-0.1, -0.05) is 32.9 Å². The highest BCUT2D eigenvalue weighted by Crippen LogP contribution is 2.24. The lowest BCUT2D eigenvalue weighted by Gasteiger charge is -2.29. The average Bonchev–Trinajstić information content (AvgIpc) is 2.63. The maximum atomic E-state index is 12.5. The third-order valence-electron chi connectivity index (χ3n) is 4.85. The van der Waals surface area contributed by atoms with E-state index < -0.39 is 0 Å². The summed E-state index contributed by atoms with van der Waals surface area (Å²) in [7, 11) is 0. The predicted molar refractivity (Wildman–Crippen MR) is 101 cm³/mol. The van der Waals surface area contributed by atoms with Gasteiger partial charge in [0.2, 0.25) is 5.88 Å². The van der Waals surface area contributed by atoms with Crippen molar-refractivity contribution >= 4 is 5.91 Å². The summed E-state index contributed by atoms with van der Waals surface area (Å²) in [6, 6.07) is 8.12. The molecule has 1 saturated carbocycles. The molecule has 1 amide bonds. The van der Waals surface area contributed by atoms with E-state index in [0.717, 1.165) is 31.2 Å². The Hall–Kier alpha value is -2.43. The second-order valence-electron chi connectivity index (χ2n) is 7.94. The summed E-state index contributed by atoms with van der Waals surface area (Å²) in [5, 5.41) is 3.16. The second kappa shape index (κ2) is 7.85. The van der Waals surface area contributed by atoms with Crippen molar-refractivity contribution in [1.29, 1.82) is 0 Å². The molecule has 26 heavy (non-hydrogen) atoms. The van der Waals surface area contributed by atoms with E-state index in [2.05, 4.69) is 36.1 Å². The molecule has 3 rings (SSSR count). The summed E-state index contributed by atoms with van der Waals surface area (Å²) in [5.74, 6) is 0.572. The number of aromatic nitrogens is 2. The Bertz CT molecular complexity index is 715. The van der Waals surface area contributed by atoms with Crippen LogP contribution in [0.3, 0.4) is 0 Å². The van der Waals surface area contributed by atoms with Crippen molar-refractivity contribution in [3.8, 4) is 5.88 Å². The van der Waals surface area contributed by atoms with Crippen molar-refractivity contribution in [1.82, 2.24) is 15.3 Å². The molecule has 0 atom stereocenters. The van der Waals surface area contributed by atoms with Crippen LogP contribution in [0, 0.1) is 0 Å². The van der Waals surface area contributed by atoms with Crippen LogP contribution in [-0.2, 0) is 5.41 Å². The van der Waals surface area contributed by atoms with Crippen LogP contribution in [0.5, 0.6) is 5.88 Å². The molecule has 0 aliphatic heterocycles. The number of amides is 1. The smallest absolute Gasteiger partial charge is 0.251 e. The zero-order chi connectivity index (χ0) is 18.6. The molecular weight excluding hydrogens is 326 g/mol. The van der Waals surface area contributed by atoms with Crippen molar-refractivity contribution < 1.29 is 9.53 Å². The Balaban J connectivity index is 1.49. The van der Waals surface area contributed by atoms with Crippen LogP contribution in [-0.4, -0.2) is 28.0 Å². The Kier molecular flexibility index (Phi) is 5.55. The van der Waals surface area contributed by atoms with Crippen molar-refractivity contribution in [2.75, 3.05) is 0 Å². The summed E-state index contributed by atoms with van der Waals surface area (Å²) in [6.07, 6.45) is 8.68. The standard InChI is InChI=1S/C21H27N3O2/c1-21(2,3)16-6-4-15(5-7-16)20(25)24-17-8-10-18(11-9-17)26-19-14-22-12-13-23-19/h4-7,12-14,17-18H,8-11H2,1-3H3,(H,24,25). The Morgan fingerprint density at radius 2 is 1.77 bits per heavy atom. The number of benzene rings is 1. The van der Waals surface area contributed by atoms with Gasteiger partial charge in [0, 0.05) is 24.0 Å². The molecule has 1 aromatic carbocycles. The SMILES string of the molecule is CC(C)(C)c1ccc(C(=O)NC2CCC(Oc3cnccn3)CC2)cc1. The van der Waals surface area contributed by atoms with Gasteiger partial charge in [0.15, 0.2) is 0 Å². The Labute approximate surface area is 155 Å². The molecule has 1 aliphatic carbocycles. The van der Waals surface area contributed by atoms with Crippen molar-refractivity contribution in [3.63, 3.8) is 0 Å². The van der Waals surface area contributed by atoms with E-state index in [1.807, 2.05) is 24.3 Å². The maximum absolute atomic E-state index is 12.5. The summed E-state index contributed by atoms with van der Waals surface area (Å²) < 4.78 is 5.85. The lowest BCUT2D eigenvalue weighted by atomic mass is 9.86. The minimum atomic E-state index is 0.00348. The minimum Gasteiger partial charge on any atom is -0.473 e. The minimum absolute atomic E-state index is 0.00348. The number of carbonyl (C=O) groups is 1. The maximum Gasteiger partial charge on any atom is 0.251 e. The second-order valence-corrected chi connectivity index (χ2v) is 7.94. The first kappa shape index (κ1) is 18.4. The molecule has 0 unspecified atom stereocenters. The first-order valence-electron chi connectivity index (χ1n) is 9.26. The van der Waals surface area contributed by atoms with Gasteiger partial charge in [-0.15, -0.1) is 0 Å². The Morgan fingerprint density at radius 1 is 1.08 bits per heavy atom. The predicted octanol–water partition coefficient (Wildman–Crippen LogP) is 3.89. The van der Waals surface area contributed by atoms with E-state index in [9.17, 15) is 4.79 Å². The molecule has 5 nitrogen and oxygen atoms in total. The van der Waals surface area contributed by atoms with Crippen LogP contribution < -0.4 is 10.1 Å². The number of hydrogen-bond acceptors (Lipinski definition) is 4. The van der Waals surface area contributed by atoms with Gasteiger partial charge >= 0.3 is 0 Å². The monoisotopic (exact) mass is 353 g/mol. The van der Waals surface area contributed by atoms with E-state index in [1.54, 1.807) is 18.6 Å². The van der Waals surface area contributed by atoms with Gasteiger partial charge in [0.05, 0.1) is 6.20 Å². The van der Waals surface area contributed by atoms with Crippen LogP contribution in [0.4, 0.5) is 0 Å². The molecule has 2 aromatic rings. The number of nitrogens with one attached hydrogen (secondary N) is 1. The molecule has 1 N–H and O–H groups in total. The Morgan fingerprint density at radius 3 is 2.35 bits per heavy atom. The lowest BCUT2D eigenvalue weighted by Crippen LogP contribution is -2.39. The highest BCUT2D eigenvalue weighted by molar-refractivity contribution is 5.94. The third-order valence-corrected chi connectivity index (χ3v) is 4.85. The van der Waals surface area contributed by atoms with Crippen molar-refractivity contribution in [3.05, 3.63) is 54.0 Å². The van der Waals surface area contributed by atoms with E-state index in [-0.39, 0.29) is 23.5 Å². The van der Waals surface area contributed by atoms with Gasteiger partial charge in [-0.05, 0) is 48.8 Å². The number of ether oxygens (including phenoxy) is 1. The summed E-state index contributed by atoms with van der Waals surface area (Å²) >= 11 is 0. The van der Waals surface area contributed by atoms with Crippen LogP contribution in [0.15, 0.2) is 42.9 Å². The molecule has 1 aromatic heterocycles. The van der Waals surface area contributed by atoms with Crippen LogP contribution in [0.2, 0.25) is 0 Å². The number of carbonyl (C=O) groups excluding carboxylic acids is 1. The van der Waals surface area contributed by atoms with Crippen LogP contribution in [0.25, 0.3) is 0 Å². The first-order valence-corrected chi connectivity index (χ1v) is 9.26. The lowest BCUT2D eigenvalue weighted by molar-refractivity contribution is 0.0889. The largest absolute Gasteiger partial charge is 0.473 e.